The summed E-state index contributed by atoms with van der Waals surface area (Å²) in [6.45, 7) is 7.98. The smallest absolute Gasteiger partial charge is 0.348 e. The van der Waals surface area contributed by atoms with Crippen LogP contribution in [0.3, 0.4) is 0 Å². The molecule has 1 saturated heterocycles. The lowest BCUT2D eigenvalue weighted by molar-refractivity contribution is -0.118. The third-order valence-corrected chi connectivity index (χ3v) is 5.60. The molecule has 33 heavy (non-hydrogen) atoms. The number of nitrogens with zero attached hydrogens (tertiary/aromatic N) is 3. The number of carbonyl (C=O) groups excluding carboxylic acids is 2. The molecule has 174 valence electrons. The molecule has 0 spiro atoms. The van der Waals surface area contributed by atoms with Crippen LogP contribution >= 0.6 is 0 Å². The quantitative estimate of drug-likeness (QED) is 0.583. The number of benzene rings is 1. The van der Waals surface area contributed by atoms with E-state index >= 15 is 0 Å². The van der Waals surface area contributed by atoms with Crippen LogP contribution in [0.5, 0.6) is 0 Å². The van der Waals surface area contributed by atoms with E-state index in [0.29, 0.717) is 43.1 Å². The monoisotopic (exact) mass is 453 g/mol. The van der Waals surface area contributed by atoms with Gasteiger partial charge in [-0.2, -0.15) is 4.98 Å². The summed E-state index contributed by atoms with van der Waals surface area (Å²) in [6, 6.07) is 6.81. The van der Waals surface area contributed by atoms with Crippen molar-refractivity contribution in [2.45, 2.75) is 26.3 Å². The van der Waals surface area contributed by atoms with Crippen molar-refractivity contribution in [3.63, 3.8) is 0 Å². The number of fused-ring (bicyclic) bond motifs is 1. The van der Waals surface area contributed by atoms with E-state index in [1.54, 1.807) is 57.4 Å². The minimum atomic E-state index is -1.07. The van der Waals surface area contributed by atoms with Crippen molar-refractivity contribution >= 4 is 34.4 Å². The topological polar surface area (TPSA) is 119 Å². The minimum absolute atomic E-state index is 0.0542. The van der Waals surface area contributed by atoms with Gasteiger partial charge in [-0.3, -0.25) is 19.1 Å². The average molecular weight is 453 g/mol. The van der Waals surface area contributed by atoms with Gasteiger partial charge in [-0.25, -0.2) is 4.79 Å². The summed E-state index contributed by atoms with van der Waals surface area (Å²) < 4.78 is 12.1. The van der Waals surface area contributed by atoms with E-state index in [1.165, 1.54) is 4.57 Å². The number of ether oxygens (including phenoxy) is 1. The van der Waals surface area contributed by atoms with Crippen LogP contribution in [-0.2, 0) is 9.53 Å². The zero-order valence-corrected chi connectivity index (χ0v) is 18.9. The molecule has 0 radical (unpaired) electrons. The van der Waals surface area contributed by atoms with Crippen molar-refractivity contribution in [2.75, 3.05) is 43.5 Å². The Labute approximate surface area is 190 Å². The van der Waals surface area contributed by atoms with Crippen molar-refractivity contribution in [1.29, 1.82) is 0 Å². The van der Waals surface area contributed by atoms with Crippen molar-refractivity contribution in [2.24, 2.45) is 0 Å². The molecule has 3 aromatic rings. The Balaban J connectivity index is 1.54. The van der Waals surface area contributed by atoms with Crippen LogP contribution in [0.4, 0.5) is 11.7 Å². The highest BCUT2D eigenvalue weighted by Gasteiger charge is 2.30. The maximum absolute atomic E-state index is 12.8. The van der Waals surface area contributed by atoms with Crippen LogP contribution in [0.25, 0.3) is 10.9 Å². The van der Waals surface area contributed by atoms with Gasteiger partial charge in [0.1, 0.15) is 5.54 Å². The Kier molecular flexibility index (Phi) is 6.30. The van der Waals surface area contributed by atoms with Crippen molar-refractivity contribution in [1.82, 2.24) is 14.5 Å². The van der Waals surface area contributed by atoms with Gasteiger partial charge < -0.3 is 19.8 Å². The SMILES string of the molecule is Cc1c(NC(=O)CN2CCOCC2)ccc2nc(NC(C)(C)C(=O)n3cccc3)oc(=O)c12. The molecule has 2 aromatic heterocycles. The largest absolute Gasteiger partial charge is 0.389 e. The van der Waals surface area contributed by atoms with Crippen molar-refractivity contribution < 1.29 is 18.7 Å². The van der Waals surface area contributed by atoms with E-state index in [4.69, 9.17) is 9.15 Å². The minimum Gasteiger partial charge on any atom is -0.389 e. The number of carbonyl (C=O) groups is 2. The first kappa shape index (κ1) is 22.7. The van der Waals surface area contributed by atoms with Gasteiger partial charge in [-0.05, 0) is 50.6 Å². The van der Waals surface area contributed by atoms with Crippen molar-refractivity contribution in [3.05, 3.63) is 52.6 Å². The zero-order chi connectivity index (χ0) is 23.6. The van der Waals surface area contributed by atoms with Crippen LogP contribution in [-0.4, -0.2) is 64.7 Å². The first-order valence-electron chi connectivity index (χ1n) is 10.7. The number of hydrogen-bond acceptors (Lipinski definition) is 8. The van der Waals surface area contributed by atoms with Crippen LogP contribution in [0.2, 0.25) is 0 Å². The van der Waals surface area contributed by atoms with E-state index in [2.05, 4.69) is 15.6 Å². The molecule has 0 aliphatic carbocycles. The first-order valence-corrected chi connectivity index (χ1v) is 10.7. The third-order valence-electron chi connectivity index (χ3n) is 5.60. The van der Waals surface area contributed by atoms with Crippen LogP contribution in [0, 0.1) is 6.92 Å². The third kappa shape index (κ3) is 4.96. The molecule has 0 bridgehead atoms. The zero-order valence-electron chi connectivity index (χ0n) is 18.9. The molecular weight excluding hydrogens is 426 g/mol. The Hall–Kier alpha value is -3.50. The Morgan fingerprint density at radius 1 is 1.15 bits per heavy atom. The lowest BCUT2D eigenvalue weighted by atomic mass is 10.1. The molecule has 0 saturated carbocycles. The summed E-state index contributed by atoms with van der Waals surface area (Å²) in [5.41, 5.74) is -0.176. The summed E-state index contributed by atoms with van der Waals surface area (Å²) in [6.07, 6.45) is 3.29. The van der Waals surface area contributed by atoms with Gasteiger partial charge >= 0.3 is 5.63 Å². The Morgan fingerprint density at radius 3 is 2.55 bits per heavy atom. The van der Waals surface area contributed by atoms with Gasteiger partial charge in [0.15, 0.2) is 0 Å². The number of hydrogen-bond donors (Lipinski definition) is 2. The molecule has 1 amide bonds. The first-order chi connectivity index (χ1) is 15.7. The van der Waals surface area contributed by atoms with Gasteiger partial charge in [0.2, 0.25) is 5.91 Å². The number of aryl methyl sites for hydroxylation is 1. The molecule has 1 fully saturated rings. The molecule has 2 N–H and O–H groups in total. The average Bonchev–Trinajstić information content (AvgIpc) is 3.30. The highest BCUT2D eigenvalue weighted by Crippen LogP contribution is 2.24. The summed E-state index contributed by atoms with van der Waals surface area (Å²) in [5, 5.41) is 6.06. The predicted octanol–water partition coefficient (Wildman–Crippen LogP) is 2.10. The number of aromatic nitrogens is 2. The summed E-state index contributed by atoms with van der Waals surface area (Å²) in [5.74, 6) is -0.396. The van der Waals surface area contributed by atoms with E-state index in [1.807, 2.05) is 4.90 Å². The Bertz CT molecular complexity index is 1230. The van der Waals surface area contributed by atoms with E-state index < -0.39 is 11.2 Å². The molecule has 1 aliphatic rings. The summed E-state index contributed by atoms with van der Waals surface area (Å²) in [4.78, 5) is 44.4. The molecule has 1 aliphatic heterocycles. The molecule has 3 heterocycles. The molecule has 4 rings (SSSR count). The van der Waals surface area contributed by atoms with Gasteiger partial charge in [-0.15, -0.1) is 0 Å². The normalized spacial score (nSPS) is 14.9. The van der Waals surface area contributed by atoms with E-state index in [0.717, 1.165) is 0 Å². The fraction of sp³-hybridized carbons (Fsp3) is 0.391. The van der Waals surface area contributed by atoms with Crippen molar-refractivity contribution in [3.8, 4) is 0 Å². The van der Waals surface area contributed by atoms with Gasteiger partial charge in [0.05, 0.1) is 30.7 Å². The Morgan fingerprint density at radius 2 is 1.85 bits per heavy atom. The molecular formula is C23H27N5O5. The number of anilines is 2. The standard InChI is InChI=1S/C23H27N5O5/c1-15-16(24-18(29)14-27-10-12-32-13-11-27)6-7-17-19(15)20(30)33-22(25-17)26-23(2,3)21(31)28-8-4-5-9-28/h4-9H,10-14H2,1-3H3,(H,24,29)(H,25,26). The van der Waals surface area contributed by atoms with E-state index in [-0.39, 0.29) is 29.8 Å². The highest BCUT2D eigenvalue weighted by molar-refractivity contribution is 5.97. The number of morpholine rings is 1. The van der Waals surface area contributed by atoms with Crippen LogP contribution < -0.4 is 16.3 Å². The summed E-state index contributed by atoms with van der Waals surface area (Å²) >= 11 is 0. The van der Waals surface area contributed by atoms with Crippen LogP contribution in [0.1, 0.15) is 24.2 Å². The molecule has 1 aromatic carbocycles. The maximum atomic E-state index is 12.8. The second-order valence-electron chi connectivity index (χ2n) is 8.52. The fourth-order valence-corrected chi connectivity index (χ4v) is 3.77. The van der Waals surface area contributed by atoms with Gasteiger partial charge in [0, 0.05) is 31.2 Å². The fourth-order valence-electron chi connectivity index (χ4n) is 3.77. The second kappa shape index (κ2) is 9.16. The van der Waals surface area contributed by atoms with E-state index in [9.17, 15) is 14.4 Å². The van der Waals surface area contributed by atoms with Gasteiger partial charge in [-0.1, -0.05) is 0 Å². The molecule has 10 nitrogen and oxygen atoms in total. The van der Waals surface area contributed by atoms with Crippen LogP contribution in [0.15, 0.2) is 45.9 Å². The number of nitrogens with one attached hydrogen (secondary N) is 2. The highest BCUT2D eigenvalue weighted by atomic mass is 16.5. The molecule has 0 unspecified atom stereocenters. The number of amides is 1. The number of rotatable bonds is 6. The second-order valence-corrected chi connectivity index (χ2v) is 8.52. The molecule has 0 atom stereocenters. The molecule has 10 heteroatoms. The predicted molar refractivity (Wildman–Crippen MR) is 124 cm³/mol. The lowest BCUT2D eigenvalue weighted by Crippen LogP contribution is -2.43. The lowest BCUT2D eigenvalue weighted by Gasteiger charge is -2.26. The summed E-state index contributed by atoms with van der Waals surface area (Å²) in [7, 11) is 0. The van der Waals surface area contributed by atoms with Gasteiger partial charge in [0.25, 0.3) is 11.9 Å². The maximum Gasteiger partial charge on any atom is 0.348 e.